The van der Waals surface area contributed by atoms with Crippen LogP contribution in [0.3, 0.4) is 0 Å². The molecule has 0 unspecified atom stereocenters. The summed E-state index contributed by atoms with van der Waals surface area (Å²) in [6, 6.07) is 2.04. The van der Waals surface area contributed by atoms with E-state index in [2.05, 4.69) is 26.1 Å². The third kappa shape index (κ3) is 9.12. The summed E-state index contributed by atoms with van der Waals surface area (Å²) < 4.78 is 0. The molecule has 1 fully saturated rings. The lowest BCUT2D eigenvalue weighted by Gasteiger charge is -2.27. The number of nitrogens with one attached hydrogen (secondary N) is 3. The first-order chi connectivity index (χ1) is 17.1. The number of carboxylic acids is 2. The molecule has 196 valence electrons. The van der Waals surface area contributed by atoms with Crippen molar-refractivity contribution in [1.29, 1.82) is 0 Å². The second-order valence-electron chi connectivity index (χ2n) is 8.07. The molecule has 1 aliphatic rings. The zero-order chi connectivity index (χ0) is 26.7. The Bertz CT molecular complexity index is 946. The maximum atomic E-state index is 12.6. The molecular weight excluding hydrogens is 477 g/mol. The number of likely N-dealkylation sites (tertiary alicyclic amines) is 1. The van der Waals surface area contributed by atoms with Gasteiger partial charge in [-0.25, -0.2) is 4.98 Å². The zero-order valence-electron chi connectivity index (χ0n) is 19.7. The van der Waals surface area contributed by atoms with Crippen LogP contribution in [-0.2, 0) is 14.4 Å². The van der Waals surface area contributed by atoms with E-state index < -0.39 is 42.9 Å². The molecule has 1 aliphatic heterocycles. The van der Waals surface area contributed by atoms with Crippen LogP contribution in [0.15, 0.2) is 23.4 Å². The predicted octanol–water partition coefficient (Wildman–Crippen LogP) is -2.38. The summed E-state index contributed by atoms with van der Waals surface area (Å²) in [5.74, 6) is -3.50. The highest BCUT2D eigenvalue weighted by Crippen LogP contribution is 2.19. The van der Waals surface area contributed by atoms with Crippen molar-refractivity contribution in [2.24, 2.45) is 5.10 Å². The fraction of sp³-hybridized carbons (Fsp3) is 0.500. The standard InChI is InChI=1S/C20H30BN7O8/c1-13(20(34)28-7-2-3-15(28)21(35)36)25-19(33)14-4-5-16(23-9-14)26-24-12-27(11-18(31)32)8-6-22-10-17(29)30/h4-5,9,12-13,15,22,35-36H,2-3,6-8,10-11H2,1H3,(H,23,26)(H,25,33)(H,29,30)(H,31,32)/b24-12-/t13-,15+/m1/s1. The third-order valence-electron chi connectivity index (χ3n) is 5.26. The number of aliphatic carboxylic acids is 2. The number of pyridine rings is 1. The molecule has 0 aromatic carbocycles. The van der Waals surface area contributed by atoms with Crippen molar-refractivity contribution in [3.05, 3.63) is 23.9 Å². The Labute approximate surface area is 207 Å². The highest BCUT2D eigenvalue weighted by Gasteiger charge is 2.38. The van der Waals surface area contributed by atoms with E-state index >= 15 is 0 Å². The summed E-state index contributed by atoms with van der Waals surface area (Å²) in [5.41, 5.74) is 2.79. The molecule has 7 N–H and O–H groups in total. The number of rotatable bonds is 14. The van der Waals surface area contributed by atoms with E-state index in [9.17, 15) is 29.2 Å². The monoisotopic (exact) mass is 507 g/mol. The Morgan fingerprint density at radius 1 is 1.28 bits per heavy atom. The van der Waals surface area contributed by atoms with Crippen LogP contribution in [0.5, 0.6) is 0 Å². The van der Waals surface area contributed by atoms with E-state index in [1.165, 1.54) is 41.4 Å². The third-order valence-corrected chi connectivity index (χ3v) is 5.26. The smallest absolute Gasteiger partial charge is 0.475 e. The molecule has 1 saturated heterocycles. The van der Waals surface area contributed by atoms with Crippen molar-refractivity contribution >= 4 is 43.0 Å². The topological polar surface area (TPSA) is 217 Å². The van der Waals surface area contributed by atoms with Gasteiger partial charge < -0.3 is 40.7 Å². The van der Waals surface area contributed by atoms with Crippen molar-refractivity contribution in [2.45, 2.75) is 31.7 Å². The highest BCUT2D eigenvalue weighted by atomic mass is 16.4. The average molecular weight is 507 g/mol. The van der Waals surface area contributed by atoms with Crippen LogP contribution < -0.4 is 16.1 Å². The highest BCUT2D eigenvalue weighted by molar-refractivity contribution is 6.43. The van der Waals surface area contributed by atoms with Crippen LogP contribution in [0, 0.1) is 0 Å². The van der Waals surface area contributed by atoms with Crippen LogP contribution in [-0.4, -0.2) is 117 Å². The first-order valence-electron chi connectivity index (χ1n) is 11.2. The van der Waals surface area contributed by atoms with Crippen LogP contribution in [0.4, 0.5) is 5.82 Å². The van der Waals surface area contributed by atoms with Gasteiger partial charge in [-0.15, -0.1) is 0 Å². The van der Waals surface area contributed by atoms with Crippen LogP contribution >= 0.6 is 0 Å². The van der Waals surface area contributed by atoms with Gasteiger partial charge in [-0.1, -0.05) is 0 Å². The molecule has 0 saturated carbocycles. The van der Waals surface area contributed by atoms with E-state index in [1.807, 2.05) is 0 Å². The molecule has 0 radical (unpaired) electrons. The number of amides is 2. The van der Waals surface area contributed by atoms with Crippen molar-refractivity contribution in [2.75, 3.05) is 38.1 Å². The Kier molecular flexibility index (Phi) is 11.0. The van der Waals surface area contributed by atoms with Crippen LogP contribution in [0.25, 0.3) is 0 Å². The number of anilines is 1. The quantitative estimate of drug-likeness (QED) is 0.0462. The number of hydrazone groups is 1. The second kappa shape index (κ2) is 14.0. The molecular formula is C20H30BN7O8. The van der Waals surface area contributed by atoms with Crippen molar-refractivity contribution in [1.82, 2.24) is 25.4 Å². The molecule has 2 rings (SSSR count). The molecule has 0 bridgehead atoms. The van der Waals surface area contributed by atoms with Gasteiger partial charge in [0.2, 0.25) is 5.91 Å². The van der Waals surface area contributed by atoms with Gasteiger partial charge in [-0.2, -0.15) is 5.10 Å². The maximum Gasteiger partial charge on any atom is 0.475 e. The van der Waals surface area contributed by atoms with Gasteiger partial charge in [0.15, 0.2) is 0 Å². The van der Waals surface area contributed by atoms with Crippen molar-refractivity contribution in [3.63, 3.8) is 0 Å². The number of aromatic nitrogens is 1. The maximum absolute atomic E-state index is 12.6. The molecule has 0 aliphatic carbocycles. The Hall–Kier alpha value is -3.76. The number of hydrogen-bond donors (Lipinski definition) is 7. The molecule has 16 heteroatoms. The molecule has 1 aromatic heterocycles. The first kappa shape index (κ1) is 28.5. The Morgan fingerprint density at radius 2 is 2.03 bits per heavy atom. The molecule has 2 atom stereocenters. The van der Waals surface area contributed by atoms with Crippen molar-refractivity contribution < 1.29 is 39.4 Å². The summed E-state index contributed by atoms with van der Waals surface area (Å²) in [5, 5.41) is 45.6. The minimum atomic E-state index is -1.64. The number of nitrogens with zero attached hydrogens (tertiary/aromatic N) is 4. The van der Waals surface area contributed by atoms with Crippen molar-refractivity contribution in [3.8, 4) is 0 Å². The average Bonchev–Trinajstić information content (AvgIpc) is 3.31. The van der Waals surface area contributed by atoms with E-state index in [1.54, 1.807) is 0 Å². The van der Waals surface area contributed by atoms with Gasteiger partial charge in [0.05, 0.1) is 18.0 Å². The first-order valence-corrected chi connectivity index (χ1v) is 11.2. The minimum Gasteiger partial charge on any atom is -0.480 e. The lowest BCUT2D eigenvalue weighted by molar-refractivity contribution is -0.138. The van der Waals surface area contributed by atoms with E-state index in [0.717, 1.165) is 0 Å². The van der Waals surface area contributed by atoms with Gasteiger partial charge in [0, 0.05) is 25.8 Å². The zero-order valence-corrected chi connectivity index (χ0v) is 19.7. The number of carbonyl (C=O) groups excluding carboxylic acids is 2. The van der Waals surface area contributed by atoms with Gasteiger partial charge >= 0.3 is 19.1 Å². The van der Waals surface area contributed by atoms with Gasteiger partial charge in [-0.05, 0) is 31.9 Å². The number of carbonyl (C=O) groups is 4. The normalized spacial score (nSPS) is 16.0. The fourth-order valence-corrected chi connectivity index (χ4v) is 3.51. The lowest BCUT2D eigenvalue weighted by Crippen LogP contribution is -2.52. The number of carboxylic acid groups (broad SMARTS) is 2. The minimum absolute atomic E-state index is 0.182. The Balaban J connectivity index is 1.87. The van der Waals surface area contributed by atoms with Crippen LogP contribution in [0.2, 0.25) is 0 Å². The second-order valence-corrected chi connectivity index (χ2v) is 8.07. The van der Waals surface area contributed by atoms with E-state index in [0.29, 0.717) is 19.4 Å². The fourth-order valence-electron chi connectivity index (χ4n) is 3.51. The molecule has 2 amide bonds. The lowest BCUT2D eigenvalue weighted by atomic mass is 9.78. The molecule has 0 spiro atoms. The summed E-state index contributed by atoms with van der Waals surface area (Å²) in [6.07, 6.45) is 3.62. The summed E-state index contributed by atoms with van der Waals surface area (Å²) in [6.45, 7) is 1.72. The van der Waals surface area contributed by atoms with E-state index in [4.69, 9.17) is 10.2 Å². The Morgan fingerprint density at radius 3 is 2.64 bits per heavy atom. The molecule has 36 heavy (non-hydrogen) atoms. The summed E-state index contributed by atoms with van der Waals surface area (Å²) >= 11 is 0. The van der Waals surface area contributed by atoms with E-state index in [-0.39, 0.29) is 37.6 Å². The van der Waals surface area contributed by atoms with Crippen LogP contribution in [0.1, 0.15) is 30.1 Å². The molecule has 2 heterocycles. The van der Waals surface area contributed by atoms with Gasteiger partial charge in [0.25, 0.3) is 5.91 Å². The molecule has 1 aromatic rings. The summed E-state index contributed by atoms with van der Waals surface area (Å²) in [7, 11) is -1.64. The predicted molar refractivity (Wildman–Crippen MR) is 128 cm³/mol. The summed E-state index contributed by atoms with van der Waals surface area (Å²) in [4.78, 5) is 53.4. The van der Waals surface area contributed by atoms with Gasteiger partial charge in [0.1, 0.15) is 24.7 Å². The number of hydrogen-bond acceptors (Lipinski definition) is 10. The largest absolute Gasteiger partial charge is 0.480 e. The SMILES string of the molecule is C[C@@H](NC(=O)c1ccc(N/N=C\N(CCNCC(=O)O)CC(=O)O)nc1)C(=O)N1CCC[C@H]1B(O)O. The van der Waals surface area contributed by atoms with Gasteiger partial charge in [-0.3, -0.25) is 24.6 Å². The molecule has 15 nitrogen and oxygen atoms in total.